The van der Waals surface area contributed by atoms with Gasteiger partial charge in [0.1, 0.15) is 17.8 Å². The zero-order valence-electron chi connectivity index (χ0n) is 22.4. The summed E-state index contributed by atoms with van der Waals surface area (Å²) in [6.45, 7) is 4.24. The molecule has 0 spiro atoms. The van der Waals surface area contributed by atoms with Gasteiger partial charge in [-0.15, -0.1) is 0 Å². The SMILES string of the molecule is CCCCCCNC(=O)CC[C@@H](NC(=O)[C@H](C)NC(=O)COc1cccc(N(CCO)CCO)c1)C(N)=O. The van der Waals surface area contributed by atoms with Crippen LogP contribution in [0.5, 0.6) is 5.75 Å². The van der Waals surface area contributed by atoms with Gasteiger partial charge in [0.25, 0.3) is 5.91 Å². The predicted molar refractivity (Wildman–Crippen MR) is 143 cm³/mol. The summed E-state index contributed by atoms with van der Waals surface area (Å²) in [5.74, 6) is -1.77. The van der Waals surface area contributed by atoms with E-state index in [2.05, 4.69) is 22.9 Å². The van der Waals surface area contributed by atoms with E-state index in [1.54, 1.807) is 29.2 Å². The van der Waals surface area contributed by atoms with E-state index in [0.717, 1.165) is 25.7 Å². The van der Waals surface area contributed by atoms with Crippen LogP contribution < -0.4 is 31.3 Å². The molecule has 1 rings (SSSR count). The number of amides is 4. The third kappa shape index (κ3) is 13.2. The van der Waals surface area contributed by atoms with Crippen LogP contribution in [0.1, 0.15) is 52.4 Å². The van der Waals surface area contributed by atoms with Crippen LogP contribution in [-0.2, 0) is 19.2 Å². The second-order valence-electron chi connectivity index (χ2n) is 8.92. The van der Waals surface area contributed by atoms with Crippen molar-refractivity contribution in [3.8, 4) is 5.75 Å². The Morgan fingerprint density at radius 2 is 1.74 bits per heavy atom. The maximum absolute atomic E-state index is 12.5. The first-order valence-corrected chi connectivity index (χ1v) is 13.1. The van der Waals surface area contributed by atoms with Gasteiger partial charge in [-0.25, -0.2) is 0 Å². The summed E-state index contributed by atoms with van der Waals surface area (Å²) in [7, 11) is 0. The molecule has 0 aromatic heterocycles. The molecule has 0 fully saturated rings. The highest BCUT2D eigenvalue weighted by atomic mass is 16.5. The van der Waals surface area contributed by atoms with E-state index in [4.69, 9.17) is 10.5 Å². The van der Waals surface area contributed by atoms with E-state index < -0.39 is 29.8 Å². The summed E-state index contributed by atoms with van der Waals surface area (Å²) in [5.41, 5.74) is 6.10. The molecular weight excluding hydrogens is 494 g/mol. The summed E-state index contributed by atoms with van der Waals surface area (Å²) >= 11 is 0. The minimum absolute atomic E-state index is 0.0311. The van der Waals surface area contributed by atoms with Gasteiger partial charge < -0.3 is 41.5 Å². The van der Waals surface area contributed by atoms with Gasteiger partial charge in [-0.3, -0.25) is 19.2 Å². The Bertz CT molecular complexity index is 877. The number of primary amides is 1. The first-order chi connectivity index (χ1) is 18.2. The number of rotatable bonds is 20. The lowest BCUT2D eigenvalue weighted by molar-refractivity contribution is -0.131. The Kier molecular flexibility index (Phi) is 16.2. The lowest BCUT2D eigenvalue weighted by Crippen LogP contribution is -2.52. The van der Waals surface area contributed by atoms with Crippen molar-refractivity contribution in [3.63, 3.8) is 0 Å². The number of benzene rings is 1. The molecular formula is C26H43N5O7. The van der Waals surface area contributed by atoms with Crippen LogP contribution in [0.15, 0.2) is 24.3 Å². The monoisotopic (exact) mass is 537 g/mol. The molecule has 1 aromatic rings. The Labute approximate surface area is 224 Å². The molecule has 1 aromatic carbocycles. The molecule has 0 heterocycles. The van der Waals surface area contributed by atoms with Gasteiger partial charge in [0.15, 0.2) is 6.61 Å². The summed E-state index contributed by atoms with van der Waals surface area (Å²) < 4.78 is 5.52. The smallest absolute Gasteiger partial charge is 0.258 e. The maximum atomic E-state index is 12.5. The number of hydrogen-bond donors (Lipinski definition) is 6. The van der Waals surface area contributed by atoms with Crippen molar-refractivity contribution in [2.75, 3.05) is 44.4 Å². The highest BCUT2D eigenvalue weighted by Crippen LogP contribution is 2.21. The molecule has 0 aliphatic rings. The minimum Gasteiger partial charge on any atom is -0.484 e. The van der Waals surface area contributed by atoms with E-state index in [1.165, 1.54) is 6.92 Å². The molecule has 12 heteroatoms. The molecule has 2 atom stereocenters. The molecule has 0 aliphatic heterocycles. The summed E-state index contributed by atoms with van der Waals surface area (Å²) in [4.78, 5) is 50.4. The molecule has 0 aliphatic carbocycles. The molecule has 0 radical (unpaired) electrons. The molecule has 12 nitrogen and oxygen atoms in total. The first kappa shape index (κ1) is 32.6. The quantitative estimate of drug-likeness (QED) is 0.124. The molecule has 7 N–H and O–H groups in total. The molecule has 214 valence electrons. The number of ether oxygens (including phenoxy) is 1. The number of nitrogens with two attached hydrogens (primary N) is 1. The van der Waals surface area contributed by atoms with Crippen molar-refractivity contribution in [3.05, 3.63) is 24.3 Å². The normalized spacial score (nSPS) is 12.2. The first-order valence-electron chi connectivity index (χ1n) is 13.1. The van der Waals surface area contributed by atoms with Crippen LogP contribution in [-0.4, -0.2) is 85.4 Å². The van der Waals surface area contributed by atoms with Gasteiger partial charge in [0.2, 0.25) is 17.7 Å². The van der Waals surface area contributed by atoms with Crippen LogP contribution in [0.25, 0.3) is 0 Å². The van der Waals surface area contributed by atoms with Crippen molar-refractivity contribution in [1.29, 1.82) is 0 Å². The van der Waals surface area contributed by atoms with Gasteiger partial charge in [-0.05, 0) is 31.9 Å². The lowest BCUT2D eigenvalue weighted by atomic mass is 10.1. The highest BCUT2D eigenvalue weighted by molar-refractivity contribution is 5.91. The molecule has 0 bridgehead atoms. The molecule has 38 heavy (non-hydrogen) atoms. The van der Waals surface area contributed by atoms with Crippen LogP contribution in [0, 0.1) is 0 Å². The molecule has 0 unspecified atom stereocenters. The zero-order valence-corrected chi connectivity index (χ0v) is 22.4. The maximum Gasteiger partial charge on any atom is 0.258 e. The summed E-state index contributed by atoms with van der Waals surface area (Å²) in [6, 6.07) is 4.81. The van der Waals surface area contributed by atoms with Crippen LogP contribution >= 0.6 is 0 Å². The minimum atomic E-state index is -1.05. The van der Waals surface area contributed by atoms with Crippen molar-refractivity contribution < 1.29 is 34.1 Å². The number of nitrogens with one attached hydrogen (secondary N) is 3. The van der Waals surface area contributed by atoms with Crippen molar-refractivity contribution >= 4 is 29.3 Å². The topological polar surface area (TPSA) is 183 Å². The fourth-order valence-corrected chi connectivity index (χ4v) is 3.60. The van der Waals surface area contributed by atoms with E-state index >= 15 is 0 Å². The Hall–Kier alpha value is -3.38. The Balaban J connectivity index is 2.50. The third-order valence-corrected chi connectivity index (χ3v) is 5.74. The average Bonchev–Trinajstić information content (AvgIpc) is 2.89. The fraction of sp³-hybridized carbons (Fsp3) is 0.615. The van der Waals surface area contributed by atoms with Crippen LogP contribution in [0.2, 0.25) is 0 Å². The Morgan fingerprint density at radius 3 is 2.37 bits per heavy atom. The second kappa shape index (κ2) is 18.8. The number of unbranched alkanes of at least 4 members (excludes halogenated alkanes) is 3. The van der Waals surface area contributed by atoms with Crippen molar-refractivity contribution in [2.24, 2.45) is 5.73 Å². The van der Waals surface area contributed by atoms with Crippen LogP contribution in [0.3, 0.4) is 0 Å². The third-order valence-electron chi connectivity index (χ3n) is 5.74. The number of aliphatic hydroxyl groups excluding tert-OH is 2. The largest absolute Gasteiger partial charge is 0.484 e. The molecule has 4 amide bonds. The number of anilines is 1. The van der Waals surface area contributed by atoms with E-state index in [-0.39, 0.29) is 38.6 Å². The van der Waals surface area contributed by atoms with E-state index in [1.807, 2.05) is 0 Å². The van der Waals surface area contributed by atoms with Gasteiger partial charge in [-0.2, -0.15) is 0 Å². The molecule has 0 saturated heterocycles. The van der Waals surface area contributed by atoms with E-state index in [9.17, 15) is 29.4 Å². The van der Waals surface area contributed by atoms with Gasteiger partial charge >= 0.3 is 0 Å². The van der Waals surface area contributed by atoms with E-state index in [0.29, 0.717) is 31.1 Å². The van der Waals surface area contributed by atoms with Crippen molar-refractivity contribution in [1.82, 2.24) is 16.0 Å². The predicted octanol–water partition coefficient (Wildman–Crippen LogP) is -0.192. The van der Waals surface area contributed by atoms with Crippen LogP contribution in [0.4, 0.5) is 5.69 Å². The van der Waals surface area contributed by atoms with Gasteiger partial charge in [0, 0.05) is 37.8 Å². The average molecular weight is 538 g/mol. The lowest BCUT2D eigenvalue weighted by Gasteiger charge is -2.23. The second-order valence-corrected chi connectivity index (χ2v) is 8.92. The number of hydrogen-bond acceptors (Lipinski definition) is 8. The fourth-order valence-electron chi connectivity index (χ4n) is 3.60. The summed E-state index contributed by atoms with van der Waals surface area (Å²) in [6.07, 6.45) is 4.20. The number of carbonyl (C=O) groups excluding carboxylic acids is 4. The zero-order chi connectivity index (χ0) is 28.3. The standard InChI is InChI=1S/C26H43N5O7/c1-3-4-5-6-12-28-23(34)11-10-22(25(27)36)30-26(37)19(2)29-24(35)18-38-21-9-7-8-20(17-21)31(13-15-32)14-16-33/h7-9,17,19,22,32-33H,3-6,10-16,18H2,1-2H3,(H2,27,36)(H,28,34)(H,29,35)(H,30,37)/t19-,22+/m0/s1. The molecule has 0 saturated carbocycles. The number of aliphatic hydroxyl groups is 2. The number of carbonyl (C=O) groups is 4. The van der Waals surface area contributed by atoms with Crippen molar-refractivity contribution in [2.45, 2.75) is 64.5 Å². The highest BCUT2D eigenvalue weighted by Gasteiger charge is 2.23. The number of nitrogens with zero attached hydrogens (tertiary/aromatic N) is 1. The van der Waals surface area contributed by atoms with Gasteiger partial charge in [-0.1, -0.05) is 32.3 Å². The summed E-state index contributed by atoms with van der Waals surface area (Å²) in [5, 5.41) is 26.2. The van der Waals surface area contributed by atoms with Gasteiger partial charge in [0.05, 0.1) is 13.2 Å². The Morgan fingerprint density at radius 1 is 1.03 bits per heavy atom.